The second-order valence-corrected chi connectivity index (χ2v) is 13.9. The minimum Gasteiger partial charge on any atom is -0.456 e. The third-order valence-electron chi connectivity index (χ3n) is 9.78. The van der Waals surface area contributed by atoms with Crippen LogP contribution in [-0.4, -0.2) is 140 Å². The number of cyclic esters (lactones) is 1. The molecule has 13 heteroatoms. The van der Waals surface area contributed by atoms with Crippen LogP contribution in [0.1, 0.15) is 60.3 Å². The Balaban J connectivity index is 1.86. The number of esters is 1. The third kappa shape index (κ3) is 11.0. The number of carbonyl (C=O) groups is 2. The Morgan fingerprint density at radius 1 is 0.939 bits per heavy atom. The molecule has 14 unspecified atom stereocenters. The Morgan fingerprint density at radius 3 is 2.27 bits per heavy atom. The lowest BCUT2D eigenvalue weighted by Gasteiger charge is -2.43. The van der Waals surface area contributed by atoms with Crippen molar-refractivity contribution in [1.82, 2.24) is 4.90 Å². The first-order valence-corrected chi connectivity index (χ1v) is 17.3. The van der Waals surface area contributed by atoms with Crippen molar-refractivity contribution in [3.05, 3.63) is 36.5 Å². The fourth-order valence-electron chi connectivity index (χ4n) is 6.73. The molecule has 0 aromatic rings. The van der Waals surface area contributed by atoms with Crippen LogP contribution in [0.3, 0.4) is 0 Å². The summed E-state index contributed by atoms with van der Waals surface area (Å²) in [6.45, 7) is 8.82. The van der Waals surface area contributed by atoms with E-state index >= 15 is 0 Å². The molecule has 14 atom stereocenters. The van der Waals surface area contributed by atoms with Crippen LogP contribution < -0.4 is 0 Å². The van der Waals surface area contributed by atoms with Crippen molar-refractivity contribution in [2.75, 3.05) is 34.9 Å². The molecule has 0 bridgehead atoms. The Labute approximate surface area is 291 Å². The molecular weight excluding hydrogens is 638 g/mol. The number of carbonyl (C=O) groups excluding carboxylic acids is 2. The summed E-state index contributed by atoms with van der Waals surface area (Å²) in [5.74, 6) is -1.27. The van der Waals surface area contributed by atoms with Crippen molar-refractivity contribution < 1.29 is 58.1 Å². The first kappa shape index (κ1) is 41.4. The average Bonchev–Trinajstić information content (AvgIpc) is 3.05. The summed E-state index contributed by atoms with van der Waals surface area (Å²) in [6.07, 6.45) is 2.86. The van der Waals surface area contributed by atoms with E-state index in [1.165, 1.54) is 44.6 Å². The van der Waals surface area contributed by atoms with Gasteiger partial charge in [0.25, 0.3) is 0 Å². The summed E-state index contributed by atoms with van der Waals surface area (Å²) in [4.78, 5) is 28.2. The van der Waals surface area contributed by atoms with E-state index in [4.69, 9.17) is 33.2 Å². The number of likely N-dealkylation sites (N-methyl/N-ethyl adjacent to an activating group) is 1. The highest BCUT2D eigenvalue weighted by molar-refractivity contribution is 5.91. The Kier molecular flexibility index (Phi) is 16.0. The second-order valence-electron chi connectivity index (χ2n) is 13.9. The standard InChI is InChI=1S/C36H59NO12/c1-10-28-36(42,20-45-35-33(44-9)32(43-8)30(40)24(5)47-35)17-12-11-14-26(38)21(2)18-22(3)27(15-13-16-29(39)49-28)48-34-31(41)25(37(6)7)19-23(4)46-34/h11-14,16-17,21-25,27-28,30-35,40-42H,10,15,18-20H2,1-9H3. The van der Waals surface area contributed by atoms with Crippen LogP contribution in [0.2, 0.25) is 0 Å². The molecular formula is C36H59NO12. The maximum Gasteiger partial charge on any atom is 0.330 e. The molecule has 0 saturated carbocycles. The zero-order chi connectivity index (χ0) is 36.5. The number of hydrogen-bond acceptors (Lipinski definition) is 13. The molecule has 3 aliphatic heterocycles. The SMILES string of the molecule is CCC1OC(=O)C=CCC(OC2OC(C)CC(N(C)C)C2O)C(C)CC(C)C(=O)C=CC=CC1(O)COC1OC(C)C(O)C(OC)C1OC. The lowest BCUT2D eigenvalue weighted by Crippen LogP contribution is -2.59. The molecule has 0 amide bonds. The predicted octanol–water partition coefficient (Wildman–Crippen LogP) is 2.31. The number of rotatable bonds is 9. The number of ketones is 1. The van der Waals surface area contributed by atoms with Crippen LogP contribution in [-0.2, 0) is 42.7 Å². The average molecular weight is 698 g/mol. The summed E-state index contributed by atoms with van der Waals surface area (Å²) in [5.41, 5.74) is -1.84. The number of hydrogen-bond donors (Lipinski definition) is 3. The van der Waals surface area contributed by atoms with Gasteiger partial charge in [-0.1, -0.05) is 39.0 Å². The van der Waals surface area contributed by atoms with Gasteiger partial charge < -0.3 is 53.4 Å². The van der Waals surface area contributed by atoms with E-state index in [2.05, 4.69) is 0 Å². The Hall–Kier alpha value is -2.04. The lowest BCUT2D eigenvalue weighted by molar-refractivity contribution is -0.310. The highest BCUT2D eigenvalue weighted by atomic mass is 16.7. The van der Waals surface area contributed by atoms with E-state index in [0.29, 0.717) is 12.8 Å². The van der Waals surface area contributed by atoms with Gasteiger partial charge in [0.05, 0.1) is 24.9 Å². The number of aliphatic hydroxyl groups is 3. The molecule has 0 aromatic carbocycles. The van der Waals surface area contributed by atoms with E-state index in [9.17, 15) is 24.9 Å². The fourth-order valence-corrected chi connectivity index (χ4v) is 6.73. The van der Waals surface area contributed by atoms with Crippen LogP contribution in [0.4, 0.5) is 0 Å². The van der Waals surface area contributed by atoms with Crippen molar-refractivity contribution in [2.24, 2.45) is 11.8 Å². The Morgan fingerprint density at radius 2 is 1.63 bits per heavy atom. The highest BCUT2D eigenvalue weighted by Crippen LogP contribution is 2.31. The molecule has 3 aliphatic rings. The van der Waals surface area contributed by atoms with Gasteiger partial charge in [-0.15, -0.1) is 0 Å². The van der Waals surface area contributed by atoms with Crippen molar-refractivity contribution in [2.45, 2.75) is 133 Å². The van der Waals surface area contributed by atoms with Gasteiger partial charge in [-0.05, 0) is 71.7 Å². The maximum absolute atomic E-state index is 13.1. The highest BCUT2D eigenvalue weighted by Gasteiger charge is 2.47. The summed E-state index contributed by atoms with van der Waals surface area (Å²) >= 11 is 0. The van der Waals surface area contributed by atoms with E-state index in [1.54, 1.807) is 19.9 Å². The van der Waals surface area contributed by atoms with Gasteiger partial charge in [-0.3, -0.25) is 4.79 Å². The van der Waals surface area contributed by atoms with Gasteiger partial charge in [-0.2, -0.15) is 0 Å². The van der Waals surface area contributed by atoms with Crippen LogP contribution in [0.25, 0.3) is 0 Å². The van der Waals surface area contributed by atoms with Crippen LogP contribution in [0, 0.1) is 11.8 Å². The van der Waals surface area contributed by atoms with Crippen molar-refractivity contribution in [1.29, 1.82) is 0 Å². The molecule has 0 aromatic heterocycles. The van der Waals surface area contributed by atoms with E-state index in [-0.39, 0.29) is 49.2 Å². The van der Waals surface area contributed by atoms with Gasteiger partial charge in [0.1, 0.15) is 36.1 Å². The molecule has 3 rings (SSSR count). The fraction of sp³-hybridized carbons (Fsp3) is 0.778. The first-order valence-electron chi connectivity index (χ1n) is 17.3. The van der Waals surface area contributed by atoms with Crippen molar-refractivity contribution in [3.63, 3.8) is 0 Å². The molecule has 13 nitrogen and oxygen atoms in total. The van der Waals surface area contributed by atoms with Gasteiger partial charge in [0.15, 0.2) is 18.4 Å². The second kappa shape index (κ2) is 19.0. The summed E-state index contributed by atoms with van der Waals surface area (Å²) < 4.78 is 41.1. The summed E-state index contributed by atoms with van der Waals surface area (Å²) in [6, 6.07) is -0.158. The van der Waals surface area contributed by atoms with E-state index in [1.807, 2.05) is 39.8 Å². The zero-order valence-corrected chi connectivity index (χ0v) is 30.5. The lowest BCUT2D eigenvalue weighted by atomic mass is 9.88. The van der Waals surface area contributed by atoms with Crippen molar-refractivity contribution >= 4 is 11.8 Å². The maximum atomic E-state index is 13.1. The first-order chi connectivity index (χ1) is 23.1. The molecule has 3 N–H and O–H groups in total. The number of allylic oxidation sites excluding steroid dienone is 3. The molecule has 2 fully saturated rings. The molecule has 0 aliphatic carbocycles. The van der Waals surface area contributed by atoms with Crippen LogP contribution >= 0.6 is 0 Å². The van der Waals surface area contributed by atoms with E-state index < -0.39 is 66.9 Å². The molecule has 0 spiro atoms. The van der Waals surface area contributed by atoms with Gasteiger partial charge in [0.2, 0.25) is 0 Å². The predicted molar refractivity (Wildman–Crippen MR) is 180 cm³/mol. The minimum absolute atomic E-state index is 0.108. The van der Waals surface area contributed by atoms with Crippen LogP contribution in [0.5, 0.6) is 0 Å². The largest absolute Gasteiger partial charge is 0.456 e. The van der Waals surface area contributed by atoms with Gasteiger partial charge in [0, 0.05) is 32.3 Å². The van der Waals surface area contributed by atoms with Gasteiger partial charge in [-0.25, -0.2) is 4.79 Å². The topological polar surface area (TPSA) is 163 Å². The monoisotopic (exact) mass is 697 g/mol. The number of nitrogens with zero attached hydrogens (tertiary/aromatic N) is 1. The molecule has 2 saturated heterocycles. The number of aliphatic hydroxyl groups excluding tert-OH is 2. The number of ether oxygens (including phenoxy) is 7. The Bertz CT molecular complexity index is 1150. The van der Waals surface area contributed by atoms with E-state index in [0.717, 1.165) is 0 Å². The third-order valence-corrected chi connectivity index (χ3v) is 9.78. The van der Waals surface area contributed by atoms with Crippen molar-refractivity contribution in [3.8, 4) is 0 Å². The number of methoxy groups -OCH3 is 2. The molecule has 280 valence electrons. The molecule has 0 radical (unpaired) electrons. The van der Waals surface area contributed by atoms with Gasteiger partial charge >= 0.3 is 5.97 Å². The summed E-state index contributed by atoms with van der Waals surface area (Å²) in [7, 11) is 6.70. The zero-order valence-electron chi connectivity index (χ0n) is 30.5. The molecule has 3 heterocycles. The minimum atomic E-state index is -1.84. The normalized spacial score (nSPS) is 41.6. The molecule has 49 heavy (non-hydrogen) atoms. The smallest absolute Gasteiger partial charge is 0.330 e. The summed E-state index contributed by atoms with van der Waals surface area (Å²) in [5, 5.41) is 33.5. The van der Waals surface area contributed by atoms with Crippen LogP contribution in [0.15, 0.2) is 36.5 Å². The quantitative estimate of drug-likeness (QED) is 0.301.